The molecule has 2 saturated heterocycles. The molecule has 0 spiro atoms. The molecule has 26 heavy (non-hydrogen) atoms. The quantitative estimate of drug-likeness (QED) is 0.810. The highest BCUT2D eigenvalue weighted by Crippen LogP contribution is 2.25. The number of ether oxygens (including phenoxy) is 2. The Morgan fingerprint density at radius 1 is 1.00 bits per heavy atom. The summed E-state index contributed by atoms with van der Waals surface area (Å²) in [6.45, 7) is 4.41. The Bertz CT molecular complexity index is 752. The van der Waals surface area contributed by atoms with Crippen molar-refractivity contribution < 1.29 is 14.3 Å². The number of carbonyl (C=O) groups is 1. The predicted octanol–water partition coefficient (Wildman–Crippen LogP) is 0.922. The summed E-state index contributed by atoms with van der Waals surface area (Å²) < 4.78 is 11.0. The van der Waals surface area contributed by atoms with Crippen LogP contribution in [0.2, 0.25) is 0 Å². The molecule has 4 heterocycles. The first-order chi connectivity index (χ1) is 12.8. The molecule has 0 radical (unpaired) electrons. The van der Waals surface area contributed by atoms with E-state index in [2.05, 4.69) is 14.9 Å². The van der Waals surface area contributed by atoms with Gasteiger partial charge in [0.1, 0.15) is 11.9 Å². The third-order valence-corrected chi connectivity index (χ3v) is 4.61. The summed E-state index contributed by atoms with van der Waals surface area (Å²) in [5, 5.41) is 0. The van der Waals surface area contributed by atoms with Gasteiger partial charge in [-0.3, -0.25) is 9.78 Å². The van der Waals surface area contributed by atoms with Crippen molar-refractivity contribution in [2.75, 3.05) is 51.0 Å². The third-order valence-electron chi connectivity index (χ3n) is 4.61. The topological polar surface area (TPSA) is 80.7 Å². The summed E-state index contributed by atoms with van der Waals surface area (Å²) in [6, 6.07) is 5.04. The number of pyridine rings is 1. The Morgan fingerprint density at radius 2 is 1.77 bits per heavy atom. The number of carbonyl (C=O) groups excluding carboxylic acids is 1. The zero-order valence-electron chi connectivity index (χ0n) is 14.5. The second kappa shape index (κ2) is 7.76. The van der Waals surface area contributed by atoms with Crippen molar-refractivity contribution in [2.24, 2.45) is 0 Å². The molecule has 1 amide bonds. The van der Waals surface area contributed by atoms with Gasteiger partial charge in [0.15, 0.2) is 5.82 Å². The van der Waals surface area contributed by atoms with Crippen LogP contribution in [0, 0.1) is 0 Å². The fourth-order valence-electron chi connectivity index (χ4n) is 3.21. The third kappa shape index (κ3) is 3.51. The van der Waals surface area contributed by atoms with Crippen molar-refractivity contribution in [1.29, 1.82) is 0 Å². The van der Waals surface area contributed by atoms with Crippen LogP contribution >= 0.6 is 0 Å². The van der Waals surface area contributed by atoms with E-state index >= 15 is 0 Å². The van der Waals surface area contributed by atoms with Gasteiger partial charge in [-0.25, -0.2) is 9.97 Å². The van der Waals surface area contributed by atoms with Crippen LogP contribution in [0.3, 0.4) is 0 Å². The summed E-state index contributed by atoms with van der Waals surface area (Å²) in [5.41, 5.74) is 0.608. The van der Waals surface area contributed by atoms with Crippen molar-refractivity contribution in [3.63, 3.8) is 0 Å². The van der Waals surface area contributed by atoms with Crippen LogP contribution < -0.4 is 4.90 Å². The van der Waals surface area contributed by atoms with Crippen LogP contribution in [0.5, 0.6) is 0 Å². The number of rotatable bonds is 3. The molecular formula is C18H21N5O3. The molecule has 2 aliphatic heterocycles. The van der Waals surface area contributed by atoms with Gasteiger partial charge in [-0.2, -0.15) is 0 Å². The highest BCUT2D eigenvalue weighted by Gasteiger charge is 2.31. The van der Waals surface area contributed by atoms with Crippen LogP contribution in [0.15, 0.2) is 36.8 Å². The highest BCUT2D eigenvalue weighted by molar-refractivity contribution is 5.94. The van der Waals surface area contributed by atoms with Gasteiger partial charge in [0.2, 0.25) is 0 Å². The van der Waals surface area contributed by atoms with Gasteiger partial charge in [0.05, 0.1) is 26.4 Å². The lowest BCUT2D eigenvalue weighted by Crippen LogP contribution is -2.44. The minimum absolute atomic E-state index is 0.0546. The Labute approximate surface area is 151 Å². The average Bonchev–Trinajstić information content (AvgIpc) is 2.74. The van der Waals surface area contributed by atoms with Crippen molar-refractivity contribution in [2.45, 2.75) is 6.04 Å². The molecule has 4 rings (SSSR count). The second-order valence-corrected chi connectivity index (χ2v) is 6.20. The molecule has 0 N–H and O–H groups in total. The van der Waals surface area contributed by atoms with Gasteiger partial charge in [-0.1, -0.05) is 0 Å². The van der Waals surface area contributed by atoms with E-state index in [0.717, 1.165) is 18.9 Å². The lowest BCUT2D eigenvalue weighted by molar-refractivity contribution is -0.00522. The molecule has 2 fully saturated rings. The Hall–Kier alpha value is -2.58. The molecular weight excluding hydrogens is 334 g/mol. The largest absolute Gasteiger partial charge is 0.378 e. The molecule has 2 aromatic rings. The molecule has 2 aliphatic rings. The summed E-state index contributed by atoms with van der Waals surface area (Å²) in [6.07, 6.45) is 4.99. The first kappa shape index (κ1) is 16.9. The van der Waals surface area contributed by atoms with Gasteiger partial charge in [0.25, 0.3) is 5.91 Å². The summed E-state index contributed by atoms with van der Waals surface area (Å²) in [7, 11) is 0. The smallest absolute Gasteiger partial charge is 0.254 e. The molecule has 0 saturated carbocycles. The molecule has 0 bridgehead atoms. The Kier molecular flexibility index (Phi) is 5.03. The van der Waals surface area contributed by atoms with Crippen LogP contribution in [-0.2, 0) is 9.47 Å². The van der Waals surface area contributed by atoms with E-state index in [4.69, 9.17) is 14.5 Å². The van der Waals surface area contributed by atoms with Crippen LogP contribution in [0.4, 0.5) is 5.82 Å². The van der Waals surface area contributed by atoms with E-state index in [9.17, 15) is 4.79 Å². The molecule has 8 heteroatoms. The maximum absolute atomic E-state index is 12.9. The van der Waals surface area contributed by atoms with E-state index < -0.39 is 0 Å². The average molecular weight is 355 g/mol. The zero-order valence-corrected chi connectivity index (χ0v) is 14.5. The molecule has 0 aromatic carbocycles. The fourth-order valence-corrected chi connectivity index (χ4v) is 3.21. The first-order valence-electron chi connectivity index (χ1n) is 8.77. The standard InChI is InChI=1S/C18H21N5O3/c24-18(14-1-4-19-5-2-14)23-9-12-26-13-15(23)17-20-6-3-16(21-17)22-7-10-25-11-8-22/h1-6,15H,7-13H2/t15-/m1/s1. The highest BCUT2D eigenvalue weighted by atomic mass is 16.5. The number of aromatic nitrogens is 3. The first-order valence-corrected chi connectivity index (χ1v) is 8.77. The van der Waals surface area contributed by atoms with E-state index in [1.165, 1.54) is 0 Å². The lowest BCUT2D eigenvalue weighted by atomic mass is 10.1. The molecule has 1 atom stereocenters. The monoisotopic (exact) mass is 355 g/mol. The minimum atomic E-state index is -0.301. The molecule has 0 aliphatic carbocycles. The van der Waals surface area contributed by atoms with Crippen molar-refractivity contribution in [1.82, 2.24) is 19.9 Å². The zero-order chi connectivity index (χ0) is 17.8. The van der Waals surface area contributed by atoms with E-state index in [1.807, 2.05) is 6.07 Å². The van der Waals surface area contributed by atoms with E-state index in [-0.39, 0.29) is 11.9 Å². The normalized spacial score (nSPS) is 20.8. The number of morpholine rings is 2. The van der Waals surface area contributed by atoms with Crippen LogP contribution in [-0.4, -0.2) is 71.8 Å². The van der Waals surface area contributed by atoms with Crippen molar-refractivity contribution in [3.8, 4) is 0 Å². The van der Waals surface area contributed by atoms with E-state index in [1.54, 1.807) is 35.6 Å². The molecule has 136 valence electrons. The number of hydrogen-bond donors (Lipinski definition) is 0. The molecule has 2 aromatic heterocycles. The second-order valence-electron chi connectivity index (χ2n) is 6.20. The molecule has 0 unspecified atom stereocenters. The number of hydrogen-bond acceptors (Lipinski definition) is 7. The van der Waals surface area contributed by atoms with Crippen molar-refractivity contribution in [3.05, 3.63) is 48.2 Å². The van der Waals surface area contributed by atoms with Gasteiger partial charge in [-0.15, -0.1) is 0 Å². The summed E-state index contributed by atoms with van der Waals surface area (Å²) >= 11 is 0. The number of anilines is 1. The minimum Gasteiger partial charge on any atom is -0.378 e. The predicted molar refractivity (Wildman–Crippen MR) is 93.9 cm³/mol. The SMILES string of the molecule is O=C(c1ccncc1)N1CCOC[C@@H]1c1nccc(N2CCOCC2)n1. The van der Waals surface area contributed by atoms with Gasteiger partial charge in [-0.05, 0) is 18.2 Å². The van der Waals surface area contributed by atoms with Crippen LogP contribution in [0.25, 0.3) is 0 Å². The number of amides is 1. The summed E-state index contributed by atoms with van der Waals surface area (Å²) in [4.78, 5) is 30.0. The van der Waals surface area contributed by atoms with Crippen molar-refractivity contribution >= 4 is 11.7 Å². The number of nitrogens with zero attached hydrogens (tertiary/aromatic N) is 5. The van der Waals surface area contributed by atoms with Crippen LogP contribution in [0.1, 0.15) is 22.2 Å². The maximum Gasteiger partial charge on any atom is 0.254 e. The van der Waals surface area contributed by atoms with Gasteiger partial charge < -0.3 is 19.3 Å². The van der Waals surface area contributed by atoms with Gasteiger partial charge in [0, 0.05) is 43.8 Å². The Morgan fingerprint density at radius 3 is 2.58 bits per heavy atom. The Balaban J connectivity index is 1.59. The fraction of sp³-hybridized carbons (Fsp3) is 0.444. The van der Waals surface area contributed by atoms with E-state index in [0.29, 0.717) is 44.4 Å². The summed E-state index contributed by atoms with van der Waals surface area (Å²) in [5.74, 6) is 1.41. The maximum atomic E-state index is 12.9. The molecule has 8 nitrogen and oxygen atoms in total. The van der Waals surface area contributed by atoms with Gasteiger partial charge >= 0.3 is 0 Å². The lowest BCUT2D eigenvalue weighted by Gasteiger charge is -2.35.